The van der Waals surface area contributed by atoms with E-state index < -0.39 is 21.5 Å². The molecular weight excluding hydrogens is 396 g/mol. The van der Waals surface area contributed by atoms with Gasteiger partial charge in [-0.2, -0.15) is 5.26 Å². The van der Waals surface area contributed by atoms with Gasteiger partial charge < -0.3 is 4.74 Å². The molecule has 0 saturated carbocycles. The first-order valence-corrected chi connectivity index (χ1v) is 9.96. The summed E-state index contributed by atoms with van der Waals surface area (Å²) in [6, 6.07) is 18.9. The van der Waals surface area contributed by atoms with Crippen LogP contribution in [-0.2, 0) is 16.4 Å². The number of nitrogens with zero attached hydrogens (tertiary/aromatic N) is 1. The highest BCUT2D eigenvalue weighted by atomic mass is 32.2. The number of halogens is 2. The van der Waals surface area contributed by atoms with Gasteiger partial charge in [-0.15, -0.1) is 0 Å². The second-order valence-electron chi connectivity index (χ2n) is 6.07. The maximum Gasteiger partial charge on any atom is 0.216 e. The third kappa shape index (κ3) is 5.06. The first kappa shape index (κ1) is 20.2. The van der Waals surface area contributed by atoms with Crippen molar-refractivity contribution in [2.24, 2.45) is 0 Å². The molecule has 0 amide bonds. The lowest BCUT2D eigenvalue weighted by atomic mass is 10.2. The van der Waals surface area contributed by atoms with Crippen molar-refractivity contribution in [3.8, 4) is 11.8 Å². The molecule has 0 radical (unpaired) electrons. The zero-order valence-electron chi connectivity index (χ0n) is 15.0. The van der Waals surface area contributed by atoms with Crippen LogP contribution in [0, 0.1) is 23.0 Å². The third-order valence-corrected chi connectivity index (χ3v) is 5.64. The van der Waals surface area contributed by atoms with E-state index in [1.54, 1.807) is 48.5 Å². The van der Waals surface area contributed by atoms with E-state index >= 15 is 0 Å². The number of hydrogen-bond donors (Lipinski definition) is 0. The first-order valence-electron chi connectivity index (χ1n) is 8.48. The highest BCUT2D eigenvalue weighted by molar-refractivity contribution is 7.95. The second kappa shape index (κ2) is 8.67. The largest absolute Gasteiger partial charge is 0.489 e. The Morgan fingerprint density at radius 2 is 1.59 bits per heavy atom. The van der Waals surface area contributed by atoms with Crippen LogP contribution in [-0.4, -0.2) is 8.42 Å². The van der Waals surface area contributed by atoms with E-state index in [1.165, 1.54) is 30.3 Å². The van der Waals surface area contributed by atoms with E-state index in [0.717, 1.165) is 6.07 Å². The monoisotopic (exact) mass is 411 g/mol. The molecule has 3 aromatic rings. The Hall–Kier alpha value is -3.50. The molecule has 0 aliphatic carbocycles. The van der Waals surface area contributed by atoms with Crippen molar-refractivity contribution in [2.75, 3.05) is 0 Å². The summed E-state index contributed by atoms with van der Waals surface area (Å²) >= 11 is 0. The van der Waals surface area contributed by atoms with Crippen LogP contribution in [0.1, 0.15) is 11.1 Å². The van der Waals surface area contributed by atoms with Crippen molar-refractivity contribution in [3.05, 3.63) is 100 Å². The molecule has 0 heterocycles. The molecule has 4 nitrogen and oxygen atoms in total. The van der Waals surface area contributed by atoms with Gasteiger partial charge in [-0.05, 0) is 53.6 Å². The Morgan fingerprint density at radius 1 is 0.966 bits per heavy atom. The van der Waals surface area contributed by atoms with Gasteiger partial charge >= 0.3 is 0 Å². The molecular formula is C22H15F2NO3S. The van der Waals surface area contributed by atoms with Crippen molar-refractivity contribution in [1.29, 1.82) is 5.26 Å². The molecule has 0 fully saturated rings. The average Bonchev–Trinajstić information content (AvgIpc) is 2.71. The molecule has 0 saturated heterocycles. The summed E-state index contributed by atoms with van der Waals surface area (Å²) in [5.41, 5.74) is 0.831. The number of sulfone groups is 1. The average molecular weight is 411 g/mol. The van der Waals surface area contributed by atoms with Crippen LogP contribution in [0.2, 0.25) is 0 Å². The highest BCUT2D eigenvalue weighted by Crippen LogP contribution is 2.22. The molecule has 3 aromatic carbocycles. The zero-order chi connectivity index (χ0) is 20.9. The minimum absolute atomic E-state index is 0.0320. The van der Waals surface area contributed by atoms with Gasteiger partial charge in [0.2, 0.25) is 9.84 Å². The number of rotatable bonds is 6. The molecule has 7 heteroatoms. The lowest BCUT2D eigenvalue weighted by molar-refractivity contribution is 0.305. The summed E-state index contributed by atoms with van der Waals surface area (Å²) in [6.07, 6.45) is 1.27. The van der Waals surface area contributed by atoms with Gasteiger partial charge in [0.25, 0.3) is 0 Å². The number of allylic oxidation sites excluding steroid dienone is 1. The van der Waals surface area contributed by atoms with Crippen LogP contribution < -0.4 is 4.74 Å². The van der Waals surface area contributed by atoms with E-state index in [0.29, 0.717) is 16.9 Å². The summed E-state index contributed by atoms with van der Waals surface area (Å²) in [5.74, 6) is -0.947. The van der Waals surface area contributed by atoms with Crippen LogP contribution in [0.25, 0.3) is 6.08 Å². The van der Waals surface area contributed by atoms with Crippen LogP contribution in [0.4, 0.5) is 8.78 Å². The molecule has 146 valence electrons. The maximum atomic E-state index is 13.2. The van der Waals surface area contributed by atoms with E-state index in [9.17, 15) is 22.5 Å². The predicted octanol–water partition coefficient (Wildman–Crippen LogP) is 4.88. The first-order chi connectivity index (χ1) is 13.9. The third-order valence-electron chi connectivity index (χ3n) is 3.96. The Bertz CT molecular complexity index is 1160. The van der Waals surface area contributed by atoms with E-state index in [4.69, 9.17) is 4.74 Å². The molecule has 0 aromatic heterocycles. The minimum atomic E-state index is -3.92. The van der Waals surface area contributed by atoms with Gasteiger partial charge in [-0.25, -0.2) is 17.2 Å². The molecule has 0 unspecified atom stereocenters. The zero-order valence-corrected chi connectivity index (χ0v) is 15.9. The molecule has 0 bridgehead atoms. The molecule has 3 rings (SSSR count). The van der Waals surface area contributed by atoms with Crippen LogP contribution >= 0.6 is 0 Å². The van der Waals surface area contributed by atoms with Gasteiger partial charge in [0.1, 0.15) is 35.0 Å². The topological polar surface area (TPSA) is 67.2 Å². The molecule has 0 N–H and O–H groups in total. The quantitative estimate of drug-likeness (QED) is 0.542. The normalized spacial score (nSPS) is 11.7. The van der Waals surface area contributed by atoms with Gasteiger partial charge in [0.05, 0.1) is 4.90 Å². The fourth-order valence-corrected chi connectivity index (χ4v) is 3.75. The van der Waals surface area contributed by atoms with Crippen LogP contribution in [0.5, 0.6) is 5.75 Å². The van der Waals surface area contributed by atoms with Gasteiger partial charge in [0.15, 0.2) is 0 Å². The Kier molecular flexibility index (Phi) is 6.05. The summed E-state index contributed by atoms with van der Waals surface area (Å²) in [6.45, 7) is -0.0320. The van der Waals surface area contributed by atoms with Gasteiger partial charge in [-0.1, -0.05) is 30.3 Å². The van der Waals surface area contributed by atoms with Gasteiger partial charge in [-0.3, -0.25) is 0 Å². The van der Waals surface area contributed by atoms with Gasteiger partial charge in [0, 0.05) is 6.07 Å². The lowest BCUT2D eigenvalue weighted by Crippen LogP contribution is -2.03. The van der Waals surface area contributed by atoms with Crippen molar-refractivity contribution in [2.45, 2.75) is 11.5 Å². The van der Waals surface area contributed by atoms with Crippen molar-refractivity contribution in [3.63, 3.8) is 0 Å². The minimum Gasteiger partial charge on any atom is -0.489 e. The summed E-state index contributed by atoms with van der Waals surface area (Å²) in [4.78, 5) is -0.345. The fraction of sp³-hybridized carbons (Fsp3) is 0.0455. The highest BCUT2D eigenvalue weighted by Gasteiger charge is 2.20. The van der Waals surface area contributed by atoms with Crippen molar-refractivity contribution < 1.29 is 21.9 Å². The molecule has 0 atom stereocenters. The van der Waals surface area contributed by atoms with E-state index in [1.807, 2.05) is 0 Å². The van der Waals surface area contributed by atoms with E-state index in [2.05, 4.69) is 0 Å². The van der Waals surface area contributed by atoms with E-state index in [-0.39, 0.29) is 16.4 Å². The van der Waals surface area contributed by atoms with Crippen LogP contribution in [0.15, 0.2) is 82.6 Å². The molecule has 29 heavy (non-hydrogen) atoms. The number of ether oxygens (including phenoxy) is 1. The van der Waals surface area contributed by atoms with Crippen LogP contribution in [0.3, 0.4) is 0 Å². The second-order valence-corrected chi connectivity index (χ2v) is 7.99. The van der Waals surface area contributed by atoms with Crippen molar-refractivity contribution in [1.82, 2.24) is 0 Å². The number of hydrogen-bond acceptors (Lipinski definition) is 4. The van der Waals surface area contributed by atoms with Crippen molar-refractivity contribution >= 4 is 15.9 Å². The number of nitriles is 1. The molecule has 0 spiro atoms. The number of benzene rings is 3. The lowest BCUT2D eigenvalue weighted by Gasteiger charge is -2.07. The Labute approximate surface area is 167 Å². The SMILES string of the molecule is N#C/C(=C\c1ccc(OCc2cc(F)cc(F)c2)cc1)S(=O)(=O)c1ccccc1. The predicted molar refractivity (Wildman–Crippen MR) is 104 cm³/mol. The Morgan fingerprint density at radius 3 is 2.17 bits per heavy atom. The summed E-state index contributed by atoms with van der Waals surface area (Å²) in [5, 5.41) is 9.31. The Balaban J connectivity index is 1.76. The maximum absolute atomic E-state index is 13.2. The summed E-state index contributed by atoms with van der Waals surface area (Å²) < 4.78 is 57.0. The standard InChI is InChI=1S/C22H15F2NO3S/c23-18-10-17(11-19(24)13-18)15-28-20-8-6-16(7-9-20)12-22(14-25)29(26,27)21-4-2-1-3-5-21/h1-13H,15H2/b22-12+. The smallest absolute Gasteiger partial charge is 0.216 e. The summed E-state index contributed by atoms with van der Waals surface area (Å²) in [7, 11) is -3.92. The molecule has 0 aliphatic rings. The fourth-order valence-electron chi connectivity index (χ4n) is 2.57. The molecule has 0 aliphatic heterocycles.